The van der Waals surface area contributed by atoms with Gasteiger partial charge in [-0.05, 0) is 42.4 Å². The molecule has 22 heavy (non-hydrogen) atoms. The number of halogens is 1. The smallest absolute Gasteiger partial charge is 0.132 e. The fourth-order valence-corrected chi connectivity index (χ4v) is 4.33. The molecule has 1 aromatic carbocycles. The molecule has 1 saturated heterocycles. The van der Waals surface area contributed by atoms with Crippen LogP contribution in [0, 0.1) is 17.7 Å². The summed E-state index contributed by atoms with van der Waals surface area (Å²) in [6.07, 6.45) is 10.3. The monoisotopic (exact) mass is 298 g/mol. The lowest BCUT2D eigenvalue weighted by Gasteiger charge is -2.46. The van der Waals surface area contributed by atoms with Gasteiger partial charge < -0.3 is 4.98 Å². The van der Waals surface area contributed by atoms with Gasteiger partial charge in [-0.15, -0.1) is 0 Å². The van der Waals surface area contributed by atoms with Gasteiger partial charge in [-0.25, -0.2) is 4.39 Å². The predicted octanol–water partition coefficient (Wildman–Crippen LogP) is 4.14. The molecule has 3 aliphatic rings. The molecule has 2 nitrogen and oxygen atoms in total. The van der Waals surface area contributed by atoms with Crippen LogP contribution in [0.15, 0.2) is 36.5 Å². The molecule has 2 aromatic rings. The van der Waals surface area contributed by atoms with Gasteiger partial charge in [0.2, 0.25) is 0 Å². The first-order valence-electron chi connectivity index (χ1n) is 8.43. The van der Waals surface area contributed by atoms with Crippen molar-refractivity contribution in [2.24, 2.45) is 11.8 Å². The van der Waals surface area contributed by atoms with E-state index in [-0.39, 0.29) is 5.82 Å². The van der Waals surface area contributed by atoms with Crippen molar-refractivity contribution in [1.82, 2.24) is 9.88 Å². The van der Waals surface area contributed by atoms with Crippen LogP contribution in [0.2, 0.25) is 0 Å². The van der Waals surface area contributed by atoms with E-state index >= 15 is 0 Å². The summed E-state index contributed by atoms with van der Waals surface area (Å²) in [5.41, 5.74) is 2.01. The lowest BCUT2D eigenvalue weighted by molar-refractivity contribution is 0.0826. The number of aromatic nitrogens is 1. The minimum atomic E-state index is -0.111. The zero-order chi connectivity index (χ0) is 15.1. The Morgan fingerprint density at radius 1 is 1.32 bits per heavy atom. The maximum atomic E-state index is 14.1. The number of H-pyrrole nitrogens is 1. The van der Waals surface area contributed by atoms with Crippen molar-refractivity contribution >= 4 is 10.9 Å². The van der Waals surface area contributed by atoms with E-state index in [9.17, 15) is 4.39 Å². The van der Waals surface area contributed by atoms with Gasteiger partial charge in [-0.2, -0.15) is 0 Å². The van der Waals surface area contributed by atoms with Gasteiger partial charge in [0.1, 0.15) is 5.82 Å². The van der Waals surface area contributed by atoms with Gasteiger partial charge >= 0.3 is 0 Å². The largest absolute Gasteiger partial charge is 0.361 e. The molecule has 3 heterocycles. The first-order valence-corrected chi connectivity index (χ1v) is 8.43. The molecule has 3 unspecified atom stereocenters. The summed E-state index contributed by atoms with van der Waals surface area (Å²) in [4.78, 5) is 5.80. The molecule has 0 saturated carbocycles. The number of hydrogen-bond donors (Lipinski definition) is 1. The third-order valence-electron chi connectivity index (χ3n) is 5.49. The number of nitrogens with one attached hydrogen (secondary N) is 1. The highest BCUT2D eigenvalue weighted by Gasteiger charge is 2.35. The van der Waals surface area contributed by atoms with Crippen LogP contribution in [0.1, 0.15) is 25.3 Å². The highest BCUT2D eigenvalue weighted by molar-refractivity contribution is 5.83. The second-order valence-corrected chi connectivity index (χ2v) is 6.76. The summed E-state index contributed by atoms with van der Waals surface area (Å²) >= 11 is 0. The van der Waals surface area contributed by atoms with E-state index < -0.39 is 0 Å². The van der Waals surface area contributed by atoms with E-state index in [1.165, 1.54) is 19.4 Å². The van der Waals surface area contributed by atoms with Crippen LogP contribution in [0.5, 0.6) is 0 Å². The Hall–Kier alpha value is -1.61. The SMILES string of the molecule is CCC1CC2C=CC1N(CCc1c[nH]c3cccc(F)c13)C2. The second-order valence-electron chi connectivity index (χ2n) is 6.76. The number of fused-ring (bicyclic) bond motifs is 3. The van der Waals surface area contributed by atoms with E-state index in [4.69, 9.17) is 0 Å². The van der Waals surface area contributed by atoms with Gasteiger partial charge in [0, 0.05) is 36.2 Å². The number of piperidine rings is 1. The average molecular weight is 298 g/mol. The van der Waals surface area contributed by atoms with Crippen LogP contribution in [-0.4, -0.2) is 29.0 Å². The lowest BCUT2D eigenvalue weighted by atomic mass is 9.76. The van der Waals surface area contributed by atoms with Crippen molar-refractivity contribution in [2.75, 3.05) is 13.1 Å². The Morgan fingerprint density at radius 3 is 3.05 bits per heavy atom. The van der Waals surface area contributed by atoms with Gasteiger partial charge in [-0.3, -0.25) is 4.90 Å². The summed E-state index contributed by atoms with van der Waals surface area (Å²) in [6.45, 7) is 4.48. The summed E-state index contributed by atoms with van der Waals surface area (Å²) < 4.78 is 14.1. The standard InChI is InChI=1S/C19H23FN2/c1-2-14-10-13-6-7-18(14)22(12-13)9-8-15-11-21-17-5-3-4-16(20)19(15)17/h3-7,11,13-14,18,21H,2,8-10,12H2,1H3. The van der Waals surface area contributed by atoms with Crippen LogP contribution in [0.3, 0.4) is 0 Å². The molecule has 1 fully saturated rings. The van der Waals surface area contributed by atoms with Crippen molar-refractivity contribution in [3.05, 3.63) is 47.9 Å². The molecule has 0 radical (unpaired) electrons. The zero-order valence-corrected chi connectivity index (χ0v) is 13.1. The fraction of sp³-hybridized carbons (Fsp3) is 0.474. The molecule has 2 bridgehead atoms. The quantitative estimate of drug-likeness (QED) is 0.841. The van der Waals surface area contributed by atoms with Gasteiger partial charge in [0.05, 0.1) is 0 Å². The normalized spacial score (nSPS) is 27.8. The third kappa shape index (κ3) is 2.28. The van der Waals surface area contributed by atoms with Gasteiger partial charge in [0.15, 0.2) is 0 Å². The van der Waals surface area contributed by atoms with E-state index in [0.29, 0.717) is 6.04 Å². The van der Waals surface area contributed by atoms with Crippen LogP contribution in [0.4, 0.5) is 4.39 Å². The molecule has 0 spiro atoms. The first-order chi connectivity index (χ1) is 10.8. The molecule has 1 aromatic heterocycles. The highest BCUT2D eigenvalue weighted by atomic mass is 19.1. The van der Waals surface area contributed by atoms with E-state index in [2.05, 4.69) is 29.0 Å². The molecule has 2 aliphatic heterocycles. The molecule has 0 amide bonds. The number of rotatable bonds is 4. The summed E-state index contributed by atoms with van der Waals surface area (Å²) in [5, 5.41) is 0.771. The third-order valence-corrected chi connectivity index (χ3v) is 5.49. The molecular weight excluding hydrogens is 275 g/mol. The van der Waals surface area contributed by atoms with Crippen LogP contribution in [0.25, 0.3) is 10.9 Å². The molecular formula is C19H23FN2. The van der Waals surface area contributed by atoms with E-state index in [0.717, 1.165) is 41.3 Å². The Balaban J connectivity index is 1.52. The van der Waals surface area contributed by atoms with Crippen molar-refractivity contribution in [3.8, 4) is 0 Å². The number of nitrogens with zero attached hydrogens (tertiary/aromatic N) is 1. The van der Waals surface area contributed by atoms with Crippen molar-refractivity contribution < 1.29 is 4.39 Å². The topological polar surface area (TPSA) is 19.0 Å². The predicted molar refractivity (Wildman–Crippen MR) is 88.3 cm³/mol. The van der Waals surface area contributed by atoms with E-state index in [1.54, 1.807) is 12.1 Å². The van der Waals surface area contributed by atoms with Crippen LogP contribution >= 0.6 is 0 Å². The zero-order valence-electron chi connectivity index (χ0n) is 13.1. The highest BCUT2D eigenvalue weighted by Crippen LogP contribution is 2.36. The van der Waals surface area contributed by atoms with E-state index in [1.807, 2.05) is 12.3 Å². The molecule has 3 heteroatoms. The number of hydrogen-bond acceptors (Lipinski definition) is 1. The molecule has 1 N–H and O–H groups in total. The van der Waals surface area contributed by atoms with Crippen LogP contribution < -0.4 is 0 Å². The first kappa shape index (κ1) is 14.0. The maximum Gasteiger partial charge on any atom is 0.132 e. The molecule has 3 atom stereocenters. The average Bonchev–Trinajstić information content (AvgIpc) is 2.98. The minimum Gasteiger partial charge on any atom is -0.361 e. The Morgan fingerprint density at radius 2 is 2.23 bits per heavy atom. The summed E-state index contributed by atoms with van der Waals surface area (Å²) in [7, 11) is 0. The maximum absolute atomic E-state index is 14.1. The number of aromatic amines is 1. The lowest BCUT2D eigenvalue weighted by Crippen LogP contribution is -2.50. The Bertz CT molecular complexity index is 703. The number of benzene rings is 1. The van der Waals surface area contributed by atoms with Crippen LogP contribution in [-0.2, 0) is 6.42 Å². The van der Waals surface area contributed by atoms with Crippen molar-refractivity contribution in [2.45, 2.75) is 32.2 Å². The molecule has 116 valence electrons. The van der Waals surface area contributed by atoms with Gasteiger partial charge in [-0.1, -0.05) is 31.6 Å². The summed E-state index contributed by atoms with van der Waals surface area (Å²) in [5.74, 6) is 1.40. The molecule has 1 aliphatic carbocycles. The minimum absolute atomic E-state index is 0.111. The second kappa shape index (κ2) is 5.54. The van der Waals surface area contributed by atoms with Crippen molar-refractivity contribution in [1.29, 1.82) is 0 Å². The summed E-state index contributed by atoms with van der Waals surface area (Å²) in [6, 6.07) is 5.85. The fourth-order valence-electron chi connectivity index (χ4n) is 4.33. The molecule has 5 rings (SSSR count). The van der Waals surface area contributed by atoms with Gasteiger partial charge in [0.25, 0.3) is 0 Å². The van der Waals surface area contributed by atoms with Crippen molar-refractivity contribution in [3.63, 3.8) is 0 Å². The Labute approximate surface area is 131 Å². The Kier molecular flexibility index (Phi) is 3.53.